The third kappa shape index (κ3) is 5.78. The van der Waals surface area contributed by atoms with E-state index >= 15 is 0 Å². The molecule has 2 heterocycles. The Balaban J connectivity index is 1.42. The first-order valence-corrected chi connectivity index (χ1v) is 17.1. The average molecular weight is 597 g/mol. The lowest BCUT2D eigenvalue weighted by atomic mass is 9.68. The summed E-state index contributed by atoms with van der Waals surface area (Å²) in [4.78, 5) is 15.8. The van der Waals surface area contributed by atoms with E-state index in [2.05, 4.69) is 39.8 Å². The molecule has 1 unspecified atom stereocenters. The Labute approximate surface area is 249 Å². The first kappa shape index (κ1) is 28.6. The van der Waals surface area contributed by atoms with E-state index < -0.39 is 9.71 Å². The molecule has 1 fully saturated rings. The van der Waals surface area contributed by atoms with Crippen molar-refractivity contribution in [2.45, 2.75) is 57.0 Å². The number of halogens is 1. The highest BCUT2D eigenvalue weighted by Gasteiger charge is 2.44. The van der Waals surface area contributed by atoms with Crippen LogP contribution < -0.4 is 14.4 Å². The van der Waals surface area contributed by atoms with Gasteiger partial charge in [0.2, 0.25) is 0 Å². The number of anilines is 1. The highest BCUT2D eigenvalue weighted by molar-refractivity contribution is 7.99. The monoisotopic (exact) mass is 596 g/mol. The van der Waals surface area contributed by atoms with Gasteiger partial charge in [-0.05, 0) is 104 Å². The van der Waals surface area contributed by atoms with Gasteiger partial charge in [0, 0.05) is 51.7 Å². The van der Waals surface area contributed by atoms with Crippen molar-refractivity contribution < 1.29 is 18.5 Å². The summed E-state index contributed by atoms with van der Waals surface area (Å²) in [6, 6.07) is 11.9. The van der Waals surface area contributed by atoms with Gasteiger partial charge in [-0.2, -0.15) is 0 Å². The standard InChI is InChI=1S/C33H41ClN2O4S/c1-22-6-4-8-30(39-2)27-12-9-25(27)18-36-20-33(15-5-7-23-16-26(34)11-13-28(23)33)21-40-31-14-10-24(17-29(31)36)32(37)35-41(3,38)19-22/h4,8,10-11,13-14,16-17,22,25,27,30H,3,5-7,9,12,15,18-21H2,1-2H3,(H,35,37,38)/b8-4+/t22-,25+,27-,30+,33+,41?/m1/s1. The fourth-order valence-electron chi connectivity index (χ4n) is 7.43. The van der Waals surface area contributed by atoms with Crippen LogP contribution >= 0.6 is 11.6 Å². The second-order valence-electron chi connectivity index (χ2n) is 12.7. The second-order valence-corrected chi connectivity index (χ2v) is 15.3. The van der Waals surface area contributed by atoms with E-state index in [1.807, 2.05) is 25.1 Å². The number of rotatable bonds is 1. The number of carbonyl (C=O) groups is 1. The quantitative estimate of drug-likeness (QED) is 0.332. The number of nitrogens with zero attached hydrogens (tertiary/aromatic N) is 1. The van der Waals surface area contributed by atoms with E-state index in [0.29, 0.717) is 29.8 Å². The molecule has 6 nitrogen and oxygen atoms in total. The molecule has 2 aromatic carbocycles. The number of hydrogen-bond acceptors (Lipinski definition) is 5. The molecule has 1 spiro atoms. The van der Waals surface area contributed by atoms with Crippen molar-refractivity contribution >= 4 is 38.8 Å². The molecule has 4 aliphatic rings. The van der Waals surface area contributed by atoms with Crippen LogP contribution in [0.5, 0.6) is 5.75 Å². The maximum absolute atomic E-state index is 13.4. The second kappa shape index (κ2) is 11.3. The van der Waals surface area contributed by atoms with Gasteiger partial charge < -0.3 is 14.4 Å². The zero-order chi connectivity index (χ0) is 28.8. The van der Waals surface area contributed by atoms with E-state index in [9.17, 15) is 9.00 Å². The predicted molar refractivity (Wildman–Crippen MR) is 168 cm³/mol. The molecule has 6 rings (SSSR count). The summed E-state index contributed by atoms with van der Waals surface area (Å²) in [5, 5.41) is 0.770. The highest BCUT2D eigenvalue weighted by atomic mass is 35.5. The number of nitrogens with one attached hydrogen (secondary N) is 1. The molecule has 0 aromatic heterocycles. The zero-order valence-electron chi connectivity index (χ0n) is 24.1. The number of methoxy groups -OCH3 is 1. The summed E-state index contributed by atoms with van der Waals surface area (Å²) in [5.41, 5.74) is 3.83. The normalized spacial score (nSPS) is 34.3. The molecular weight excluding hydrogens is 556 g/mol. The molecule has 2 aliphatic carbocycles. The Morgan fingerprint density at radius 3 is 2.85 bits per heavy atom. The summed E-state index contributed by atoms with van der Waals surface area (Å²) in [6.45, 7) is 4.26. The van der Waals surface area contributed by atoms with Crippen molar-refractivity contribution in [2.24, 2.45) is 17.8 Å². The number of aryl methyl sites for hydroxylation is 1. The molecule has 8 heteroatoms. The van der Waals surface area contributed by atoms with E-state index in [-0.39, 0.29) is 23.3 Å². The lowest BCUT2D eigenvalue weighted by Crippen LogP contribution is -2.49. The Kier molecular flexibility index (Phi) is 7.90. The van der Waals surface area contributed by atoms with E-state index in [1.54, 1.807) is 13.2 Å². The van der Waals surface area contributed by atoms with Crippen LogP contribution in [-0.4, -0.2) is 54.6 Å². The van der Waals surface area contributed by atoms with E-state index in [0.717, 1.165) is 68.1 Å². The van der Waals surface area contributed by atoms with Crippen molar-refractivity contribution in [3.63, 3.8) is 0 Å². The van der Waals surface area contributed by atoms with Crippen LogP contribution in [-0.2, 0) is 26.3 Å². The molecule has 1 amide bonds. The van der Waals surface area contributed by atoms with Crippen LogP contribution in [0.25, 0.3) is 0 Å². The molecule has 1 N–H and O–H groups in total. The third-order valence-electron chi connectivity index (χ3n) is 9.62. The minimum Gasteiger partial charge on any atom is -0.490 e. The van der Waals surface area contributed by atoms with E-state index in [4.69, 9.17) is 21.1 Å². The Morgan fingerprint density at radius 2 is 2.07 bits per heavy atom. The number of benzene rings is 2. The number of amides is 1. The van der Waals surface area contributed by atoms with Gasteiger partial charge in [0.1, 0.15) is 5.75 Å². The van der Waals surface area contributed by atoms with Gasteiger partial charge in [0.05, 0.1) is 18.4 Å². The Hall–Kier alpha value is -2.48. The first-order chi connectivity index (χ1) is 19.7. The lowest BCUT2D eigenvalue weighted by molar-refractivity contribution is 0.0131. The summed E-state index contributed by atoms with van der Waals surface area (Å²) in [6.07, 6.45) is 10.5. The smallest absolute Gasteiger partial charge is 0.262 e. The summed E-state index contributed by atoms with van der Waals surface area (Å²) >= 11 is 6.41. The van der Waals surface area contributed by atoms with Gasteiger partial charge in [0.15, 0.2) is 0 Å². The van der Waals surface area contributed by atoms with Crippen LogP contribution in [0.4, 0.5) is 5.69 Å². The number of allylic oxidation sites excluding steroid dienone is 1. The molecule has 6 atom stereocenters. The van der Waals surface area contributed by atoms with Crippen molar-refractivity contribution in [2.75, 3.05) is 37.5 Å². The van der Waals surface area contributed by atoms with Crippen LogP contribution in [0, 0.1) is 17.8 Å². The molecule has 2 bridgehead atoms. The fourth-order valence-corrected chi connectivity index (χ4v) is 9.22. The van der Waals surface area contributed by atoms with Gasteiger partial charge in [-0.3, -0.25) is 9.52 Å². The molecule has 1 saturated carbocycles. The number of hydrogen-bond donors (Lipinski definition) is 1. The molecule has 0 saturated heterocycles. The zero-order valence-corrected chi connectivity index (χ0v) is 25.6. The number of fused-ring (bicyclic) bond motifs is 4. The van der Waals surface area contributed by atoms with Gasteiger partial charge in [-0.1, -0.05) is 36.7 Å². The SMILES string of the molecule is C=S1(=O)C[C@H](C)C/C=C/[C@H](OC)[C@@H]2CC[C@H]2CN2C[C@@]3(CCCc4cc(Cl)ccc43)COc3ccc(cc32)C(=O)N1. The van der Waals surface area contributed by atoms with Crippen LogP contribution in [0.15, 0.2) is 48.6 Å². The van der Waals surface area contributed by atoms with Crippen LogP contribution in [0.3, 0.4) is 0 Å². The van der Waals surface area contributed by atoms with Crippen molar-refractivity contribution in [1.29, 1.82) is 0 Å². The summed E-state index contributed by atoms with van der Waals surface area (Å²) in [5.74, 6) is 5.63. The average Bonchev–Trinajstić information content (AvgIpc) is 3.06. The lowest BCUT2D eigenvalue weighted by Gasteiger charge is -2.46. The molecule has 41 heavy (non-hydrogen) atoms. The molecule has 0 radical (unpaired) electrons. The largest absolute Gasteiger partial charge is 0.490 e. The van der Waals surface area contributed by atoms with Gasteiger partial charge >= 0.3 is 0 Å². The van der Waals surface area contributed by atoms with Crippen LogP contribution in [0.1, 0.15) is 60.5 Å². The molecule has 2 aromatic rings. The number of ether oxygens (including phenoxy) is 2. The summed E-state index contributed by atoms with van der Waals surface area (Å²) in [7, 11) is -1.01. The Bertz CT molecular complexity index is 1460. The number of carbonyl (C=O) groups excluding carboxylic acids is 1. The highest BCUT2D eigenvalue weighted by Crippen LogP contribution is 2.47. The molecule has 220 valence electrons. The third-order valence-corrected chi connectivity index (χ3v) is 11.5. The summed E-state index contributed by atoms with van der Waals surface area (Å²) < 4.78 is 28.7. The van der Waals surface area contributed by atoms with E-state index in [1.165, 1.54) is 11.1 Å². The topological polar surface area (TPSA) is 67.9 Å². The van der Waals surface area contributed by atoms with Crippen LogP contribution in [0.2, 0.25) is 5.02 Å². The molecular formula is C33H41ClN2O4S. The predicted octanol–water partition coefficient (Wildman–Crippen LogP) is 5.81. The minimum absolute atomic E-state index is 0.0400. The maximum Gasteiger partial charge on any atom is 0.262 e. The molecule has 2 aliphatic heterocycles. The maximum atomic E-state index is 13.4. The van der Waals surface area contributed by atoms with Crippen molar-refractivity contribution in [3.05, 3.63) is 70.3 Å². The fraction of sp³-hybridized carbons (Fsp3) is 0.515. The van der Waals surface area contributed by atoms with Gasteiger partial charge in [0.25, 0.3) is 5.91 Å². The van der Waals surface area contributed by atoms with Gasteiger partial charge in [-0.25, -0.2) is 4.21 Å². The Morgan fingerprint density at radius 1 is 1.22 bits per heavy atom. The van der Waals surface area contributed by atoms with Crippen molar-refractivity contribution in [3.8, 4) is 5.75 Å². The van der Waals surface area contributed by atoms with Gasteiger partial charge in [-0.15, -0.1) is 0 Å². The minimum atomic E-state index is -2.81. The van der Waals surface area contributed by atoms with Crippen molar-refractivity contribution in [1.82, 2.24) is 4.72 Å². The first-order valence-electron chi connectivity index (χ1n) is 14.8.